The van der Waals surface area contributed by atoms with E-state index in [0.717, 1.165) is 13.1 Å². The summed E-state index contributed by atoms with van der Waals surface area (Å²) in [5, 5.41) is 0. The Balaban J connectivity index is 3.89. The van der Waals surface area contributed by atoms with Gasteiger partial charge in [-0.3, -0.25) is 4.79 Å². The van der Waals surface area contributed by atoms with Gasteiger partial charge in [-0.1, -0.05) is 11.6 Å². The molecule has 2 nitrogen and oxygen atoms in total. The molecule has 0 bridgehead atoms. The van der Waals surface area contributed by atoms with Gasteiger partial charge in [-0.05, 0) is 13.8 Å². The van der Waals surface area contributed by atoms with E-state index in [1.165, 1.54) is 11.6 Å². The van der Waals surface area contributed by atoms with Crippen LogP contribution in [-0.4, -0.2) is 23.9 Å². The van der Waals surface area contributed by atoms with Crippen LogP contribution in [0.3, 0.4) is 0 Å². The number of hydrogen-bond donors (Lipinski definition) is 0. The van der Waals surface area contributed by atoms with Gasteiger partial charge in [-0.25, -0.2) is 0 Å². The van der Waals surface area contributed by atoms with Crippen molar-refractivity contribution in [3.05, 3.63) is 11.6 Å². The highest BCUT2D eigenvalue weighted by Gasteiger charge is 2.02. The van der Waals surface area contributed by atoms with Crippen LogP contribution < -0.4 is 0 Å². The molecule has 0 N–H and O–H groups in total. The van der Waals surface area contributed by atoms with E-state index in [9.17, 15) is 4.79 Å². The van der Waals surface area contributed by atoms with Gasteiger partial charge in [0.2, 0.25) is 5.91 Å². The standard InChI is InChI=1S/C7H12ClNO/c1-3-9(4-2)7(10)5-6-8/h5-6H,3-4H2,1-2H3/b6-5+. The summed E-state index contributed by atoms with van der Waals surface area (Å²) < 4.78 is 0. The molecule has 3 heteroatoms. The zero-order valence-corrected chi connectivity index (χ0v) is 7.06. The van der Waals surface area contributed by atoms with Crippen molar-refractivity contribution in [2.45, 2.75) is 13.8 Å². The first kappa shape index (κ1) is 9.50. The second-order valence-corrected chi connectivity index (χ2v) is 2.06. The monoisotopic (exact) mass is 161 g/mol. The minimum absolute atomic E-state index is 0.0278. The number of likely N-dealkylation sites (N-methyl/N-ethyl adjacent to an activating group) is 1. The number of carbonyl (C=O) groups is 1. The van der Waals surface area contributed by atoms with Crippen LogP contribution in [0.4, 0.5) is 0 Å². The van der Waals surface area contributed by atoms with E-state index >= 15 is 0 Å². The topological polar surface area (TPSA) is 20.3 Å². The summed E-state index contributed by atoms with van der Waals surface area (Å²) in [7, 11) is 0. The van der Waals surface area contributed by atoms with Crippen molar-refractivity contribution >= 4 is 17.5 Å². The van der Waals surface area contributed by atoms with Gasteiger partial charge in [0.05, 0.1) is 0 Å². The number of halogens is 1. The molecule has 10 heavy (non-hydrogen) atoms. The zero-order chi connectivity index (χ0) is 7.98. The van der Waals surface area contributed by atoms with Crippen molar-refractivity contribution in [1.82, 2.24) is 4.90 Å². The lowest BCUT2D eigenvalue weighted by atomic mass is 10.4. The summed E-state index contributed by atoms with van der Waals surface area (Å²) in [6, 6.07) is 0. The molecule has 1 amide bonds. The quantitative estimate of drug-likeness (QED) is 0.576. The minimum Gasteiger partial charge on any atom is -0.340 e. The van der Waals surface area contributed by atoms with Crippen LogP contribution in [0, 0.1) is 0 Å². The molecular formula is C7H12ClNO. The van der Waals surface area contributed by atoms with Crippen molar-refractivity contribution < 1.29 is 4.79 Å². The molecule has 0 saturated heterocycles. The van der Waals surface area contributed by atoms with E-state index in [1.54, 1.807) is 4.90 Å². The fourth-order valence-electron chi connectivity index (χ4n) is 0.695. The Morgan fingerprint density at radius 3 is 2.30 bits per heavy atom. The molecule has 0 aromatic heterocycles. The van der Waals surface area contributed by atoms with Crippen LogP contribution >= 0.6 is 11.6 Å². The summed E-state index contributed by atoms with van der Waals surface area (Å²) in [5.74, 6) is -0.0278. The Bertz CT molecular complexity index is 130. The number of rotatable bonds is 3. The van der Waals surface area contributed by atoms with Gasteiger partial charge in [0.25, 0.3) is 0 Å². The highest BCUT2D eigenvalue weighted by atomic mass is 35.5. The maximum atomic E-state index is 11.0. The lowest BCUT2D eigenvalue weighted by Gasteiger charge is -2.15. The van der Waals surface area contributed by atoms with Gasteiger partial charge in [0.15, 0.2) is 0 Å². The predicted octanol–water partition coefficient (Wildman–Crippen LogP) is 1.61. The maximum absolute atomic E-state index is 11.0. The van der Waals surface area contributed by atoms with E-state index < -0.39 is 0 Å². The lowest BCUT2D eigenvalue weighted by molar-refractivity contribution is -0.125. The Kier molecular flexibility index (Phi) is 5.03. The molecule has 0 atom stereocenters. The first-order valence-corrected chi connectivity index (χ1v) is 3.75. The van der Waals surface area contributed by atoms with Crippen molar-refractivity contribution in [2.75, 3.05) is 13.1 Å². The van der Waals surface area contributed by atoms with Crippen molar-refractivity contribution in [2.24, 2.45) is 0 Å². The summed E-state index contributed by atoms with van der Waals surface area (Å²) in [4.78, 5) is 12.7. The summed E-state index contributed by atoms with van der Waals surface area (Å²) >= 11 is 5.23. The zero-order valence-electron chi connectivity index (χ0n) is 6.30. The fraction of sp³-hybridized carbons (Fsp3) is 0.571. The normalized spacial score (nSPS) is 10.3. The van der Waals surface area contributed by atoms with Crippen LogP contribution in [0.1, 0.15) is 13.8 Å². The van der Waals surface area contributed by atoms with Gasteiger partial charge >= 0.3 is 0 Å². The van der Waals surface area contributed by atoms with Crippen LogP contribution in [0.25, 0.3) is 0 Å². The van der Waals surface area contributed by atoms with E-state index in [2.05, 4.69) is 0 Å². The molecule has 0 fully saturated rings. The highest BCUT2D eigenvalue weighted by molar-refractivity contribution is 6.26. The summed E-state index contributed by atoms with van der Waals surface area (Å²) in [6.45, 7) is 5.33. The van der Waals surface area contributed by atoms with Crippen molar-refractivity contribution in [3.63, 3.8) is 0 Å². The average molecular weight is 162 g/mol. The fourth-order valence-corrected chi connectivity index (χ4v) is 0.802. The largest absolute Gasteiger partial charge is 0.340 e. The Hall–Kier alpha value is -0.500. The third-order valence-electron chi connectivity index (χ3n) is 1.28. The Morgan fingerprint density at radius 2 is 2.00 bits per heavy atom. The molecule has 0 aromatic carbocycles. The van der Waals surface area contributed by atoms with E-state index in [4.69, 9.17) is 11.6 Å². The Morgan fingerprint density at radius 1 is 1.50 bits per heavy atom. The smallest absolute Gasteiger partial charge is 0.247 e. The molecule has 0 saturated carbocycles. The predicted molar refractivity (Wildman–Crippen MR) is 42.9 cm³/mol. The first-order valence-electron chi connectivity index (χ1n) is 3.31. The second-order valence-electron chi connectivity index (χ2n) is 1.80. The molecule has 0 unspecified atom stereocenters. The summed E-state index contributed by atoms with van der Waals surface area (Å²) in [6.07, 6.45) is 1.36. The molecule has 0 heterocycles. The van der Waals surface area contributed by atoms with Gasteiger partial charge in [-0.15, -0.1) is 0 Å². The van der Waals surface area contributed by atoms with E-state index in [1.807, 2.05) is 13.8 Å². The molecule has 0 aromatic rings. The molecule has 0 aliphatic rings. The van der Waals surface area contributed by atoms with E-state index in [-0.39, 0.29) is 5.91 Å². The third kappa shape index (κ3) is 2.87. The molecule has 0 aliphatic heterocycles. The third-order valence-corrected chi connectivity index (χ3v) is 1.41. The number of amides is 1. The molecule has 0 rings (SSSR count). The van der Waals surface area contributed by atoms with E-state index in [0.29, 0.717) is 0 Å². The second kappa shape index (κ2) is 5.30. The molecule has 58 valence electrons. The van der Waals surface area contributed by atoms with Gasteiger partial charge in [-0.2, -0.15) is 0 Å². The van der Waals surface area contributed by atoms with Crippen molar-refractivity contribution in [1.29, 1.82) is 0 Å². The van der Waals surface area contributed by atoms with Gasteiger partial charge in [0.1, 0.15) is 0 Å². The lowest BCUT2D eigenvalue weighted by Crippen LogP contribution is -2.28. The average Bonchev–Trinajstić information content (AvgIpc) is 1.91. The SMILES string of the molecule is CCN(CC)C(=O)/C=C/Cl. The molecule has 0 aliphatic carbocycles. The Labute approximate surface area is 66.5 Å². The van der Waals surface area contributed by atoms with Crippen LogP contribution in [0.15, 0.2) is 11.6 Å². The van der Waals surface area contributed by atoms with Crippen LogP contribution in [-0.2, 0) is 4.79 Å². The number of hydrogen-bond acceptors (Lipinski definition) is 1. The van der Waals surface area contributed by atoms with Gasteiger partial charge in [0, 0.05) is 24.7 Å². The highest BCUT2D eigenvalue weighted by Crippen LogP contribution is 1.90. The van der Waals surface area contributed by atoms with Crippen LogP contribution in [0.5, 0.6) is 0 Å². The molecule has 0 spiro atoms. The molecular weight excluding hydrogens is 150 g/mol. The molecule has 0 radical (unpaired) electrons. The first-order chi connectivity index (χ1) is 4.76. The number of carbonyl (C=O) groups excluding carboxylic acids is 1. The van der Waals surface area contributed by atoms with Crippen molar-refractivity contribution in [3.8, 4) is 0 Å². The summed E-state index contributed by atoms with van der Waals surface area (Å²) in [5.41, 5.74) is 1.24. The van der Waals surface area contributed by atoms with Gasteiger partial charge < -0.3 is 4.90 Å². The van der Waals surface area contributed by atoms with Crippen LogP contribution in [0.2, 0.25) is 0 Å². The number of nitrogens with zero attached hydrogens (tertiary/aromatic N) is 1. The maximum Gasteiger partial charge on any atom is 0.247 e. The minimum atomic E-state index is -0.0278.